The van der Waals surface area contributed by atoms with Crippen molar-refractivity contribution in [2.24, 2.45) is 0 Å². The van der Waals surface area contributed by atoms with Gasteiger partial charge in [-0.15, -0.1) is 0 Å². The summed E-state index contributed by atoms with van der Waals surface area (Å²) in [5.74, 6) is -0.188. The number of nitrogens with one attached hydrogen (secondary N) is 2. The number of anilines is 2. The highest BCUT2D eigenvalue weighted by molar-refractivity contribution is 6.04. The molecule has 1 saturated heterocycles. The molecule has 0 saturated carbocycles. The summed E-state index contributed by atoms with van der Waals surface area (Å²) in [6.45, 7) is 1.80. The van der Waals surface area contributed by atoms with E-state index in [-0.39, 0.29) is 11.8 Å². The standard InChI is InChI=1S/C15H15N3O3/c19-14-9-18(7-6-16-14)13-3-1-12(2-4-13)17-15(20)11-5-8-21-10-11/h1-5,8,10H,6-7,9H2,(H,16,19)(H,17,20). The average Bonchev–Trinajstić information content (AvgIpc) is 3.02. The van der Waals surface area contributed by atoms with Crippen LogP contribution in [0.2, 0.25) is 0 Å². The van der Waals surface area contributed by atoms with Crippen molar-refractivity contribution in [3.63, 3.8) is 0 Å². The molecule has 6 nitrogen and oxygen atoms in total. The largest absolute Gasteiger partial charge is 0.472 e. The molecular formula is C15H15N3O3. The molecule has 1 aliphatic rings. The molecule has 0 spiro atoms. The molecule has 2 aromatic rings. The van der Waals surface area contributed by atoms with Gasteiger partial charge in [0.1, 0.15) is 6.26 Å². The zero-order valence-electron chi connectivity index (χ0n) is 11.3. The van der Waals surface area contributed by atoms with Crippen LogP contribution in [0.15, 0.2) is 47.3 Å². The Hall–Kier alpha value is -2.76. The minimum atomic E-state index is -0.214. The number of benzene rings is 1. The van der Waals surface area contributed by atoms with Crippen LogP contribution in [0, 0.1) is 0 Å². The summed E-state index contributed by atoms with van der Waals surface area (Å²) in [7, 11) is 0. The molecule has 3 rings (SSSR count). The first-order valence-corrected chi connectivity index (χ1v) is 6.67. The van der Waals surface area contributed by atoms with Crippen LogP contribution < -0.4 is 15.5 Å². The minimum Gasteiger partial charge on any atom is -0.472 e. The molecule has 2 heterocycles. The van der Waals surface area contributed by atoms with E-state index >= 15 is 0 Å². The lowest BCUT2D eigenvalue weighted by atomic mass is 10.2. The highest BCUT2D eigenvalue weighted by Crippen LogP contribution is 2.19. The first kappa shape index (κ1) is 13.2. The molecule has 6 heteroatoms. The highest BCUT2D eigenvalue weighted by Gasteiger charge is 2.16. The lowest BCUT2D eigenvalue weighted by Gasteiger charge is -2.28. The molecule has 2 amide bonds. The van der Waals surface area contributed by atoms with Gasteiger partial charge in [-0.2, -0.15) is 0 Å². The van der Waals surface area contributed by atoms with Gasteiger partial charge in [0.15, 0.2) is 0 Å². The van der Waals surface area contributed by atoms with E-state index in [0.717, 1.165) is 12.2 Å². The maximum Gasteiger partial charge on any atom is 0.258 e. The van der Waals surface area contributed by atoms with Crippen molar-refractivity contribution in [3.05, 3.63) is 48.4 Å². The zero-order chi connectivity index (χ0) is 14.7. The summed E-state index contributed by atoms with van der Waals surface area (Å²) in [4.78, 5) is 25.2. The first-order chi connectivity index (χ1) is 10.2. The fraction of sp³-hybridized carbons (Fsp3) is 0.200. The zero-order valence-corrected chi connectivity index (χ0v) is 11.3. The van der Waals surface area contributed by atoms with Crippen LogP contribution in [0.25, 0.3) is 0 Å². The molecule has 1 aromatic heterocycles. The third kappa shape index (κ3) is 3.05. The summed E-state index contributed by atoms with van der Waals surface area (Å²) in [5.41, 5.74) is 2.14. The molecule has 0 unspecified atom stereocenters. The quantitative estimate of drug-likeness (QED) is 0.895. The molecule has 0 atom stereocenters. The second-order valence-electron chi connectivity index (χ2n) is 4.78. The maximum atomic E-state index is 11.9. The third-order valence-electron chi connectivity index (χ3n) is 3.31. The molecule has 1 fully saturated rings. The maximum absolute atomic E-state index is 11.9. The van der Waals surface area contributed by atoms with Crippen LogP contribution in [-0.4, -0.2) is 31.4 Å². The van der Waals surface area contributed by atoms with Gasteiger partial charge in [-0.05, 0) is 30.3 Å². The van der Waals surface area contributed by atoms with Crippen molar-refractivity contribution < 1.29 is 14.0 Å². The second-order valence-corrected chi connectivity index (χ2v) is 4.78. The smallest absolute Gasteiger partial charge is 0.258 e. The SMILES string of the molecule is O=C1CN(c2ccc(NC(=O)c3ccoc3)cc2)CCN1. The van der Waals surface area contributed by atoms with E-state index < -0.39 is 0 Å². The lowest BCUT2D eigenvalue weighted by Crippen LogP contribution is -2.47. The Balaban J connectivity index is 1.66. The average molecular weight is 285 g/mol. The van der Waals surface area contributed by atoms with Crippen LogP contribution >= 0.6 is 0 Å². The van der Waals surface area contributed by atoms with E-state index in [0.29, 0.717) is 24.3 Å². The second kappa shape index (κ2) is 5.70. The number of piperazine rings is 1. The summed E-state index contributed by atoms with van der Waals surface area (Å²) in [6.07, 6.45) is 2.86. The Morgan fingerprint density at radius 1 is 1.24 bits per heavy atom. The molecular weight excluding hydrogens is 270 g/mol. The Kier molecular flexibility index (Phi) is 3.59. The Labute approximate surface area is 121 Å². The normalized spacial score (nSPS) is 14.7. The van der Waals surface area contributed by atoms with E-state index in [1.807, 2.05) is 29.2 Å². The minimum absolute atomic E-state index is 0.0265. The van der Waals surface area contributed by atoms with Gasteiger partial charge in [0, 0.05) is 24.5 Å². The van der Waals surface area contributed by atoms with Crippen LogP contribution in [0.3, 0.4) is 0 Å². The number of carbonyl (C=O) groups is 2. The number of carbonyl (C=O) groups excluding carboxylic acids is 2. The van der Waals surface area contributed by atoms with E-state index in [1.165, 1.54) is 12.5 Å². The molecule has 0 radical (unpaired) electrons. The Morgan fingerprint density at radius 2 is 2.05 bits per heavy atom. The van der Waals surface area contributed by atoms with Crippen molar-refractivity contribution >= 4 is 23.2 Å². The molecule has 1 aromatic carbocycles. The third-order valence-corrected chi connectivity index (χ3v) is 3.31. The summed E-state index contributed by atoms with van der Waals surface area (Å²) in [5, 5.41) is 5.57. The molecule has 0 bridgehead atoms. The number of hydrogen-bond donors (Lipinski definition) is 2. The van der Waals surface area contributed by atoms with Crippen molar-refractivity contribution in [2.75, 3.05) is 29.9 Å². The van der Waals surface area contributed by atoms with Gasteiger partial charge in [-0.3, -0.25) is 9.59 Å². The van der Waals surface area contributed by atoms with Crippen LogP contribution in [0.1, 0.15) is 10.4 Å². The number of rotatable bonds is 3. The summed E-state index contributed by atoms with van der Waals surface area (Å²) < 4.78 is 4.88. The van der Waals surface area contributed by atoms with Gasteiger partial charge >= 0.3 is 0 Å². The predicted molar refractivity (Wildman–Crippen MR) is 78.3 cm³/mol. The molecule has 1 aliphatic heterocycles. The number of furan rings is 1. The van der Waals surface area contributed by atoms with Gasteiger partial charge in [0.2, 0.25) is 5.91 Å². The number of amides is 2. The van der Waals surface area contributed by atoms with Crippen molar-refractivity contribution in [2.45, 2.75) is 0 Å². The number of hydrogen-bond acceptors (Lipinski definition) is 4. The predicted octanol–water partition coefficient (Wildman–Crippen LogP) is 1.47. The highest BCUT2D eigenvalue weighted by atomic mass is 16.3. The Morgan fingerprint density at radius 3 is 2.71 bits per heavy atom. The summed E-state index contributed by atoms with van der Waals surface area (Å²) in [6, 6.07) is 9.03. The fourth-order valence-corrected chi connectivity index (χ4v) is 2.21. The topological polar surface area (TPSA) is 74.6 Å². The summed E-state index contributed by atoms with van der Waals surface area (Å²) >= 11 is 0. The van der Waals surface area contributed by atoms with Crippen LogP contribution in [0.5, 0.6) is 0 Å². The first-order valence-electron chi connectivity index (χ1n) is 6.67. The van der Waals surface area contributed by atoms with Crippen molar-refractivity contribution in [1.82, 2.24) is 5.32 Å². The lowest BCUT2D eigenvalue weighted by molar-refractivity contribution is -0.120. The van der Waals surface area contributed by atoms with Crippen molar-refractivity contribution in [3.8, 4) is 0 Å². The fourth-order valence-electron chi connectivity index (χ4n) is 2.21. The van der Waals surface area contributed by atoms with Crippen molar-refractivity contribution in [1.29, 1.82) is 0 Å². The molecule has 108 valence electrons. The van der Waals surface area contributed by atoms with E-state index in [1.54, 1.807) is 6.07 Å². The number of nitrogens with zero attached hydrogens (tertiary/aromatic N) is 1. The van der Waals surface area contributed by atoms with E-state index in [2.05, 4.69) is 10.6 Å². The van der Waals surface area contributed by atoms with Crippen LogP contribution in [-0.2, 0) is 4.79 Å². The van der Waals surface area contributed by atoms with Gasteiger partial charge in [-0.1, -0.05) is 0 Å². The van der Waals surface area contributed by atoms with Gasteiger partial charge in [0.25, 0.3) is 5.91 Å². The monoisotopic (exact) mass is 285 g/mol. The van der Waals surface area contributed by atoms with Crippen LogP contribution in [0.4, 0.5) is 11.4 Å². The molecule has 0 aliphatic carbocycles. The van der Waals surface area contributed by atoms with E-state index in [4.69, 9.17) is 4.42 Å². The Bertz CT molecular complexity index is 635. The molecule has 2 N–H and O–H groups in total. The van der Waals surface area contributed by atoms with E-state index in [9.17, 15) is 9.59 Å². The van der Waals surface area contributed by atoms with Gasteiger partial charge < -0.3 is 20.0 Å². The van der Waals surface area contributed by atoms with Gasteiger partial charge in [0.05, 0.1) is 18.4 Å². The molecule has 21 heavy (non-hydrogen) atoms. The van der Waals surface area contributed by atoms with Gasteiger partial charge in [-0.25, -0.2) is 0 Å².